The zero-order valence-electron chi connectivity index (χ0n) is 22.9. The lowest BCUT2D eigenvalue weighted by Gasteiger charge is -2.32. The van der Waals surface area contributed by atoms with E-state index in [1.165, 1.54) is 6.92 Å². The third kappa shape index (κ3) is 5.62. The van der Waals surface area contributed by atoms with Crippen molar-refractivity contribution in [2.45, 2.75) is 50.7 Å². The van der Waals surface area contributed by atoms with Crippen LogP contribution in [0, 0.1) is 0 Å². The van der Waals surface area contributed by atoms with Crippen molar-refractivity contribution in [3.63, 3.8) is 0 Å². The van der Waals surface area contributed by atoms with Gasteiger partial charge in [0, 0.05) is 37.7 Å². The van der Waals surface area contributed by atoms with Crippen molar-refractivity contribution in [1.82, 2.24) is 10.2 Å². The van der Waals surface area contributed by atoms with E-state index in [1.54, 1.807) is 6.07 Å². The van der Waals surface area contributed by atoms with Gasteiger partial charge in [-0.15, -0.1) is 0 Å². The fraction of sp³-hybridized carbons (Fsp3) is 0.452. The van der Waals surface area contributed by atoms with E-state index >= 15 is 0 Å². The number of nitrogens with zero attached hydrogens (tertiary/aromatic N) is 1. The fourth-order valence-corrected chi connectivity index (χ4v) is 5.98. The van der Waals surface area contributed by atoms with Crippen LogP contribution in [0.3, 0.4) is 0 Å². The molecule has 1 saturated carbocycles. The van der Waals surface area contributed by atoms with Crippen molar-refractivity contribution >= 4 is 23.4 Å². The third-order valence-corrected chi connectivity index (χ3v) is 7.89. The number of fused-ring (bicyclic) bond motifs is 1. The van der Waals surface area contributed by atoms with Gasteiger partial charge in [0.1, 0.15) is 18.5 Å². The molecule has 0 radical (unpaired) electrons. The number of amides is 2. The summed E-state index contributed by atoms with van der Waals surface area (Å²) in [6.07, 6.45) is 4.32. The number of carbonyl (C=O) groups excluding carboxylic acids is 3. The maximum Gasteiger partial charge on any atom is 0.338 e. The molecule has 2 fully saturated rings. The first-order valence-corrected chi connectivity index (χ1v) is 14.1. The van der Waals surface area contributed by atoms with Crippen LogP contribution in [-0.4, -0.2) is 68.2 Å². The lowest BCUT2D eigenvalue weighted by atomic mass is 9.84. The van der Waals surface area contributed by atoms with Crippen molar-refractivity contribution < 1.29 is 28.6 Å². The largest absolute Gasteiger partial charge is 0.492 e. The third-order valence-electron chi connectivity index (χ3n) is 7.89. The Morgan fingerprint density at radius 2 is 1.77 bits per heavy atom. The molecule has 40 heavy (non-hydrogen) atoms. The minimum Gasteiger partial charge on any atom is -0.492 e. The zero-order chi connectivity index (χ0) is 28.1. The molecule has 5 rings (SSSR count). The summed E-state index contributed by atoms with van der Waals surface area (Å²) >= 11 is 0. The number of hydrogen-bond acceptors (Lipinski definition) is 7. The average Bonchev–Trinajstić information content (AvgIpc) is 3.25. The predicted octanol–water partition coefficient (Wildman–Crippen LogP) is 2.91. The number of esters is 1. The summed E-state index contributed by atoms with van der Waals surface area (Å²) in [5, 5.41) is 2.76. The van der Waals surface area contributed by atoms with Crippen LogP contribution in [0.5, 0.6) is 5.75 Å². The molecule has 3 aliphatic rings. The number of morpholine rings is 1. The van der Waals surface area contributed by atoms with Crippen LogP contribution in [0.2, 0.25) is 0 Å². The summed E-state index contributed by atoms with van der Waals surface area (Å²) in [6.45, 7) is 5.54. The second-order valence-corrected chi connectivity index (χ2v) is 10.6. The lowest BCUT2D eigenvalue weighted by Crippen LogP contribution is -2.56. The molecule has 2 aliphatic carbocycles. The Morgan fingerprint density at radius 1 is 1.05 bits per heavy atom. The molecular weight excluding hydrogens is 510 g/mol. The number of ether oxygens (including phenoxy) is 3. The molecule has 3 N–H and O–H groups in total. The molecule has 1 unspecified atom stereocenters. The van der Waals surface area contributed by atoms with E-state index in [1.807, 2.05) is 42.5 Å². The van der Waals surface area contributed by atoms with Crippen LogP contribution in [0.25, 0.3) is 5.57 Å². The van der Waals surface area contributed by atoms with Crippen LogP contribution in [-0.2, 0) is 29.4 Å². The van der Waals surface area contributed by atoms with E-state index < -0.39 is 23.3 Å². The number of nitrogens with two attached hydrogens (primary N) is 1. The second kappa shape index (κ2) is 12.2. The first-order valence-electron chi connectivity index (χ1n) is 14.1. The quantitative estimate of drug-likeness (QED) is 0.463. The SMILES string of the molecule is CC(=O)NC1(C(N)=O)C(C(=O)OC2CCCCC2)=C(c2ccccc2)c2ccc(OCCN3CCOCC3)cc21. The first kappa shape index (κ1) is 27.9. The van der Waals surface area contributed by atoms with Gasteiger partial charge in [0.25, 0.3) is 5.91 Å². The lowest BCUT2D eigenvalue weighted by molar-refractivity contribution is -0.148. The number of rotatable bonds is 9. The molecule has 212 valence electrons. The normalized spacial score (nSPS) is 21.5. The number of benzene rings is 2. The van der Waals surface area contributed by atoms with E-state index in [9.17, 15) is 14.4 Å². The Labute approximate surface area is 234 Å². The van der Waals surface area contributed by atoms with Gasteiger partial charge in [0.05, 0.1) is 18.8 Å². The van der Waals surface area contributed by atoms with Crippen molar-refractivity contribution in [1.29, 1.82) is 0 Å². The van der Waals surface area contributed by atoms with Crippen molar-refractivity contribution in [3.8, 4) is 5.75 Å². The average molecular weight is 548 g/mol. The highest BCUT2D eigenvalue weighted by molar-refractivity contribution is 6.16. The molecule has 1 heterocycles. The highest BCUT2D eigenvalue weighted by atomic mass is 16.5. The molecule has 2 aromatic rings. The minimum absolute atomic E-state index is 0.0347. The number of carbonyl (C=O) groups is 3. The maximum atomic E-state index is 14.0. The summed E-state index contributed by atoms with van der Waals surface area (Å²) in [4.78, 5) is 42.3. The Morgan fingerprint density at radius 3 is 2.45 bits per heavy atom. The van der Waals surface area contributed by atoms with E-state index in [-0.39, 0.29) is 11.7 Å². The minimum atomic E-state index is -1.92. The van der Waals surface area contributed by atoms with Gasteiger partial charge in [-0.2, -0.15) is 0 Å². The maximum absolute atomic E-state index is 14.0. The predicted molar refractivity (Wildman–Crippen MR) is 149 cm³/mol. The van der Waals surface area contributed by atoms with Crippen LogP contribution in [0.15, 0.2) is 54.1 Å². The monoisotopic (exact) mass is 547 g/mol. The van der Waals surface area contributed by atoms with Gasteiger partial charge in [-0.05, 0) is 48.9 Å². The first-order chi connectivity index (χ1) is 19.4. The molecule has 1 aliphatic heterocycles. The van der Waals surface area contributed by atoms with E-state index in [0.29, 0.717) is 47.8 Å². The molecule has 2 aromatic carbocycles. The van der Waals surface area contributed by atoms with E-state index in [4.69, 9.17) is 19.9 Å². The molecule has 0 aromatic heterocycles. The van der Waals surface area contributed by atoms with Gasteiger partial charge in [-0.1, -0.05) is 42.8 Å². The summed E-state index contributed by atoms with van der Waals surface area (Å²) in [5.41, 5.74) is 6.46. The van der Waals surface area contributed by atoms with Crippen LogP contribution < -0.4 is 15.8 Å². The fourth-order valence-electron chi connectivity index (χ4n) is 5.98. The second-order valence-electron chi connectivity index (χ2n) is 10.6. The Bertz CT molecular complexity index is 1280. The van der Waals surface area contributed by atoms with E-state index in [0.717, 1.165) is 51.7 Å². The van der Waals surface area contributed by atoms with Gasteiger partial charge < -0.3 is 25.3 Å². The summed E-state index contributed by atoms with van der Waals surface area (Å²) < 4.78 is 17.5. The Balaban J connectivity index is 1.57. The molecule has 2 amide bonds. The van der Waals surface area contributed by atoms with E-state index in [2.05, 4.69) is 10.2 Å². The summed E-state index contributed by atoms with van der Waals surface area (Å²) in [6, 6.07) is 14.7. The Kier molecular flexibility index (Phi) is 8.52. The summed E-state index contributed by atoms with van der Waals surface area (Å²) in [5.74, 6) is -1.50. The van der Waals surface area contributed by atoms with Gasteiger partial charge in [0.2, 0.25) is 5.91 Å². The number of primary amides is 1. The van der Waals surface area contributed by atoms with Crippen molar-refractivity contribution in [3.05, 3.63) is 70.8 Å². The van der Waals surface area contributed by atoms with Gasteiger partial charge >= 0.3 is 5.97 Å². The smallest absolute Gasteiger partial charge is 0.338 e. The van der Waals surface area contributed by atoms with Crippen LogP contribution in [0.4, 0.5) is 0 Å². The molecule has 1 atom stereocenters. The van der Waals surface area contributed by atoms with Crippen molar-refractivity contribution in [2.75, 3.05) is 39.5 Å². The van der Waals surface area contributed by atoms with Crippen LogP contribution >= 0.6 is 0 Å². The highest BCUT2D eigenvalue weighted by Gasteiger charge is 2.55. The Hall–Kier alpha value is -3.69. The van der Waals surface area contributed by atoms with Gasteiger partial charge in [-0.3, -0.25) is 14.5 Å². The van der Waals surface area contributed by atoms with Crippen LogP contribution in [0.1, 0.15) is 55.7 Å². The summed E-state index contributed by atoms with van der Waals surface area (Å²) in [7, 11) is 0. The zero-order valence-corrected chi connectivity index (χ0v) is 22.9. The topological polar surface area (TPSA) is 120 Å². The molecule has 0 spiro atoms. The number of hydrogen-bond donors (Lipinski definition) is 2. The molecule has 1 saturated heterocycles. The van der Waals surface area contributed by atoms with Gasteiger partial charge in [-0.25, -0.2) is 4.79 Å². The molecular formula is C31H37N3O6. The molecule has 0 bridgehead atoms. The van der Waals surface area contributed by atoms with Crippen molar-refractivity contribution in [2.24, 2.45) is 5.73 Å². The number of nitrogens with one attached hydrogen (secondary N) is 1. The molecule has 9 heteroatoms. The highest BCUT2D eigenvalue weighted by Crippen LogP contribution is 2.49. The molecule has 9 nitrogen and oxygen atoms in total. The van der Waals surface area contributed by atoms with Gasteiger partial charge in [0.15, 0.2) is 5.54 Å². The standard InChI is InChI=1S/C31H37N3O6/c1-21(35)33-31(30(32)37)26-20-24(39-19-16-34-14-17-38-18-15-34)12-13-25(26)27(22-8-4-2-5-9-22)28(31)29(36)40-23-10-6-3-7-11-23/h2,4-5,8-9,12-13,20,23H,3,6-7,10-11,14-19H2,1H3,(H2,32,37)(H,33,35).